The fourth-order valence-corrected chi connectivity index (χ4v) is 2.83. The SMILES string of the molecule is CNCCCCCCc1ccc(OC)c(Br)c1OC. The molecule has 0 atom stereocenters. The van der Waals surface area contributed by atoms with E-state index < -0.39 is 0 Å². The second-order valence-corrected chi connectivity index (χ2v) is 5.33. The number of ether oxygens (including phenoxy) is 2. The predicted octanol–water partition coefficient (Wildman–Crippen LogP) is 3.79. The number of nitrogens with one attached hydrogen (secondary N) is 1. The van der Waals surface area contributed by atoms with E-state index in [0.717, 1.165) is 28.9 Å². The fourth-order valence-electron chi connectivity index (χ4n) is 2.12. The number of hydrogen-bond donors (Lipinski definition) is 1. The summed E-state index contributed by atoms with van der Waals surface area (Å²) in [5.41, 5.74) is 1.24. The standard InChI is InChI=1S/C15H24BrNO2/c1-17-11-7-5-4-6-8-12-9-10-13(18-2)14(16)15(12)19-3/h9-10,17H,4-8,11H2,1-3H3. The molecule has 1 N–H and O–H groups in total. The zero-order valence-corrected chi connectivity index (χ0v) is 13.7. The molecule has 0 heterocycles. The molecule has 0 saturated heterocycles. The van der Waals surface area contributed by atoms with Gasteiger partial charge in [0.1, 0.15) is 16.0 Å². The van der Waals surface area contributed by atoms with Crippen molar-refractivity contribution in [2.75, 3.05) is 27.8 Å². The largest absolute Gasteiger partial charge is 0.495 e. The molecule has 0 amide bonds. The molecule has 4 heteroatoms. The molecular weight excluding hydrogens is 306 g/mol. The van der Waals surface area contributed by atoms with Crippen molar-refractivity contribution >= 4 is 15.9 Å². The zero-order valence-electron chi connectivity index (χ0n) is 12.1. The van der Waals surface area contributed by atoms with Gasteiger partial charge in [-0.2, -0.15) is 0 Å². The lowest BCUT2D eigenvalue weighted by Crippen LogP contribution is -2.06. The molecule has 0 bridgehead atoms. The fraction of sp³-hybridized carbons (Fsp3) is 0.600. The Bertz CT molecular complexity index is 383. The second-order valence-electron chi connectivity index (χ2n) is 4.54. The minimum Gasteiger partial charge on any atom is -0.495 e. The average molecular weight is 330 g/mol. The van der Waals surface area contributed by atoms with Crippen LogP contribution in [0.4, 0.5) is 0 Å². The second kappa shape index (κ2) is 9.21. The Hall–Kier alpha value is -0.740. The molecule has 0 aliphatic carbocycles. The zero-order chi connectivity index (χ0) is 14.1. The first-order valence-corrected chi connectivity index (χ1v) is 7.57. The van der Waals surface area contributed by atoms with Crippen LogP contribution in [-0.4, -0.2) is 27.8 Å². The minimum absolute atomic E-state index is 0.814. The molecular formula is C15H24BrNO2. The Kier molecular flexibility index (Phi) is 7.91. The first-order chi connectivity index (χ1) is 9.24. The first kappa shape index (κ1) is 16.3. The number of benzene rings is 1. The number of halogens is 1. The maximum Gasteiger partial charge on any atom is 0.139 e. The van der Waals surface area contributed by atoms with Gasteiger partial charge < -0.3 is 14.8 Å². The molecule has 19 heavy (non-hydrogen) atoms. The predicted molar refractivity (Wildman–Crippen MR) is 83.3 cm³/mol. The number of unbranched alkanes of at least 4 members (excludes halogenated alkanes) is 3. The van der Waals surface area contributed by atoms with E-state index in [-0.39, 0.29) is 0 Å². The van der Waals surface area contributed by atoms with Gasteiger partial charge in [0.2, 0.25) is 0 Å². The lowest BCUT2D eigenvalue weighted by atomic mass is 10.0. The van der Waals surface area contributed by atoms with Crippen LogP contribution in [0.1, 0.15) is 31.2 Å². The number of methoxy groups -OCH3 is 2. The number of aryl methyl sites for hydroxylation is 1. The van der Waals surface area contributed by atoms with Crippen molar-refractivity contribution < 1.29 is 9.47 Å². The molecule has 0 saturated carbocycles. The van der Waals surface area contributed by atoms with Crippen molar-refractivity contribution in [3.63, 3.8) is 0 Å². The summed E-state index contributed by atoms with van der Waals surface area (Å²) in [6.07, 6.45) is 6.03. The molecule has 1 aromatic carbocycles. The monoisotopic (exact) mass is 329 g/mol. The van der Waals surface area contributed by atoms with Crippen LogP contribution < -0.4 is 14.8 Å². The van der Waals surface area contributed by atoms with Crippen LogP contribution in [0, 0.1) is 0 Å². The summed E-state index contributed by atoms with van der Waals surface area (Å²) < 4.78 is 11.7. The summed E-state index contributed by atoms with van der Waals surface area (Å²) in [4.78, 5) is 0. The third-order valence-corrected chi connectivity index (χ3v) is 3.94. The summed E-state index contributed by atoms with van der Waals surface area (Å²) in [5, 5.41) is 3.17. The highest BCUT2D eigenvalue weighted by molar-refractivity contribution is 9.10. The Morgan fingerprint density at radius 1 is 1.05 bits per heavy atom. The van der Waals surface area contributed by atoms with Gasteiger partial charge >= 0.3 is 0 Å². The van der Waals surface area contributed by atoms with Gasteiger partial charge in [-0.05, 0) is 60.4 Å². The molecule has 1 aromatic rings. The van der Waals surface area contributed by atoms with Crippen molar-refractivity contribution in [3.8, 4) is 11.5 Å². The van der Waals surface area contributed by atoms with E-state index >= 15 is 0 Å². The molecule has 0 fully saturated rings. The van der Waals surface area contributed by atoms with Gasteiger partial charge in [-0.25, -0.2) is 0 Å². The Morgan fingerprint density at radius 2 is 1.79 bits per heavy atom. The molecule has 1 rings (SSSR count). The Labute approximate surface area is 124 Å². The lowest BCUT2D eigenvalue weighted by Gasteiger charge is -2.13. The van der Waals surface area contributed by atoms with Gasteiger partial charge in [-0.3, -0.25) is 0 Å². The van der Waals surface area contributed by atoms with E-state index in [1.54, 1.807) is 14.2 Å². The minimum atomic E-state index is 0.814. The van der Waals surface area contributed by atoms with Crippen LogP contribution in [0.3, 0.4) is 0 Å². The van der Waals surface area contributed by atoms with Crippen molar-refractivity contribution in [2.24, 2.45) is 0 Å². The van der Waals surface area contributed by atoms with Gasteiger partial charge in [0.25, 0.3) is 0 Å². The van der Waals surface area contributed by atoms with Gasteiger partial charge in [0, 0.05) is 0 Å². The first-order valence-electron chi connectivity index (χ1n) is 6.78. The normalized spacial score (nSPS) is 10.5. The third kappa shape index (κ3) is 5.03. The molecule has 0 aromatic heterocycles. The summed E-state index contributed by atoms with van der Waals surface area (Å²) in [7, 11) is 5.37. The number of rotatable bonds is 9. The van der Waals surface area contributed by atoms with E-state index in [1.165, 1.54) is 31.2 Å². The van der Waals surface area contributed by atoms with Crippen molar-refractivity contribution in [1.29, 1.82) is 0 Å². The van der Waals surface area contributed by atoms with Gasteiger partial charge in [-0.15, -0.1) is 0 Å². The van der Waals surface area contributed by atoms with Crippen LogP contribution in [0.2, 0.25) is 0 Å². The average Bonchev–Trinajstić information content (AvgIpc) is 2.43. The lowest BCUT2D eigenvalue weighted by molar-refractivity contribution is 0.385. The molecule has 0 unspecified atom stereocenters. The van der Waals surface area contributed by atoms with Gasteiger partial charge in [-0.1, -0.05) is 18.9 Å². The molecule has 0 aliphatic rings. The highest BCUT2D eigenvalue weighted by Crippen LogP contribution is 2.37. The molecule has 0 spiro atoms. The van der Waals surface area contributed by atoms with E-state index in [4.69, 9.17) is 9.47 Å². The van der Waals surface area contributed by atoms with E-state index in [2.05, 4.69) is 27.3 Å². The summed E-state index contributed by atoms with van der Waals surface area (Å²) in [6, 6.07) is 4.08. The van der Waals surface area contributed by atoms with Crippen LogP contribution in [0.15, 0.2) is 16.6 Å². The molecule has 0 radical (unpaired) electrons. The third-order valence-electron chi connectivity index (χ3n) is 3.19. The summed E-state index contributed by atoms with van der Waals surface area (Å²) in [5.74, 6) is 1.71. The van der Waals surface area contributed by atoms with Crippen LogP contribution in [-0.2, 0) is 6.42 Å². The van der Waals surface area contributed by atoms with Crippen LogP contribution >= 0.6 is 15.9 Å². The maximum atomic E-state index is 5.48. The topological polar surface area (TPSA) is 30.5 Å². The molecule has 3 nitrogen and oxygen atoms in total. The molecule has 0 aliphatic heterocycles. The van der Waals surface area contributed by atoms with E-state index in [9.17, 15) is 0 Å². The van der Waals surface area contributed by atoms with E-state index in [0.29, 0.717) is 0 Å². The van der Waals surface area contributed by atoms with Crippen molar-refractivity contribution in [1.82, 2.24) is 5.32 Å². The van der Waals surface area contributed by atoms with Gasteiger partial charge in [0.15, 0.2) is 0 Å². The maximum absolute atomic E-state index is 5.48. The van der Waals surface area contributed by atoms with Crippen LogP contribution in [0.5, 0.6) is 11.5 Å². The van der Waals surface area contributed by atoms with E-state index in [1.807, 2.05) is 13.1 Å². The highest BCUT2D eigenvalue weighted by atomic mass is 79.9. The van der Waals surface area contributed by atoms with Crippen molar-refractivity contribution in [3.05, 3.63) is 22.2 Å². The highest BCUT2D eigenvalue weighted by Gasteiger charge is 2.12. The molecule has 108 valence electrons. The summed E-state index contributed by atoms with van der Waals surface area (Å²) in [6.45, 7) is 1.11. The Morgan fingerprint density at radius 3 is 2.42 bits per heavy atom. The Balaban J connectivity index is 2.51. The number of hydrogen-bond acceptors (Lipinski definition) is 3. The smallest absolute Gasteiger partial charge is 0.139 e. The quantitative estimate of drug-likeness (QED) is 0.699. The van der Waals surface area contributed by atoms with Gasteiger partial charge in [0.05, 0.1) is 14.2 Å². The van der Waals surface area contributed by atoms with Crippen LogP contribution in [0.25, 0.3) is 0 Å². The van der Waals surface area contributed by atoms with Crippen molar-refractivity contribution in [2.45, 2.75) is 32.1 Å². The summed E-state index contributed by atoms with van der Waals surface area (Å²) >= 11 is 3.54.